The average molecular weight is 415 g/mol. The Hall–Kier alpha value is -3.55. The van der Waals surface area contributed by atoms with Crippen molar-refractivity contribution < 1.29 is 33.3 Å². The van der Waals surface area contributed by atoms with Crippen LogP contribution in [0.2, 0.25) is 0 Å². The van der Waals surface area contributed by atoms with Crippen molar-refractivity contribution in [1.29, 1.82) is 0 Å². The quantitative estimate of drug-likeness (QED) is 0.594. The van der Waals surface area contributed by atoms with Gasteiger partial charge in [0.25, 0.3) is 5.91 Å². The molecule has 0 saturated carbocycles. The molecule has 2 aromatic rings. The fraction of sp³-hybridized carbons (Fsp3) is 0.318. The SMILES string of the molecule is COc1ccc(C(=O)OCC(=O)N[C@@H](Cc2ccccc2)C(C)=O)c(OC)c1OC. The number of benzene rings is 2. The normalized spacial score (nSPS) is 11.2. The Morgan fingerprint density at radius 2 is 1.57 bits per heavy atom. The van der Waals surface area contributed by atoms with E-state index in [0.29, 0.717) is 12.2 Å². The zero-order valence-electron chi connectivity index (χ0n) is 17.4. The maximum Gasteiger partial charge on any atom is 0.342 e. The van der Waals surface area contributed by atoms with Crippen LogP contribution in [0.5, 0.6) is 17.2 Å². The molecule has 0 heterocycles. The van der Waals surface area contributed by atoms with E-state index in [-0.39, 0.29) is 22.8 Å². The Labute approximate surface area is 175 Å². The summed E-state index contributed by atoms with van der Waals surface area (Å²) in [6.07, 6.45) is 0.347. The first-order valence-electron chi connectivity index (χ1n) is 9.21. The summed E-state index contributed by atoms with van der Waals surface area (Å²) >= 11 is 0. The monoisotopic (exact) mass is 415 g/mol. The highest BCUT2D eigenvalue weighted by atomic mass is 16.5. The van der Waals surface area contributed by atoms with Crippen LogP contribution in [-0.2, 0) is 20.7 Å². The molecule has 0 aromatic heterocycles. The number of Topliss-reactive ketones (excluding diaryl/α,β-unsaturated/α-hetero) is 1. The smallest absolute Gasteiger partial charge is 0.342 e. The summed E-state index contributed by atoms with van der Waals surface area (Å²) in [6, 6.07) is 11.6. The Balaban J connectivity index is 2.03. The van der Waals surface area contributed by atoms with Crippen molar-refractivity contribution >= 4 is 17.7 Å². The van der Waals surface area contributed by atoms with E-state index in [4.69, 9.17) is 18.9 Å². The van der Waals surface area contributed by atoms with E-state index in [0.717, 1.165) is 5.56 Å². The molecule has 1 amide bonds. The Morgan fingerprint density at radius 3 is 2.13 bits per heavy atom. The van der Waals surface area contributed by atoms with E-state index >= 15 is 0 Å². The van der Waals surface area contributed by atoms with Gasteiger partial charge in [-0.25, -0.2) is 4.79 Å². The van der Waals surface area contributed by atoms with Crippen LogP contribution in [0.25, 0.3) is 0 Å². The van der Waals surface area contributed by atoms with Gasteiger partial charge in [-0.05, 0) is 31.0 Å². The van der Waals surface area contributed by atoms with E-state index in [9.17, 15) is 14.4 Å². The first-order chi connectivity index (χ1) is 14.4. The third-order valence-electron chi connectivity index (χ3n) is 4.37. The third-order valence-corrected chi connectivity index (χ3v) is 4.37. The number of ether oxygens (including phenoxy) is 4. The molecular formula is C22H25NO7. The molecule has 1 N–H and O–H groups in total. The third kappa shape index (κ3) is 5.73. The lowest BCUT2D eigenvalue weighted by Gasteiger charge is -2.17. The summed E-state index contributed by atoms with van der Waals surface area (Å²) in [5.41, 5.74) is 0.986. The number of hydrogen-bond acceptors (Lipinski definition) is 7. The van der Waals surface area contributed by atoms with Crippen LogP contribution in [-0.4, -0.2) is 51.6 Å². The molecule has 0 aliphatic rings. The van der Waals surface area contributed by atoms with Crippen molar-refractivity contribution in [2.24, 2.45) is 0 Å². The van der Waals surface area contributed by atoms with Crippen molar-refractivity contribution in [1.82, 2.24) is 5.32 Å². The number of hydrogen-bond donors (Lipinski definition) is 1. The molecule has 160 valence electrons. The topological polar surface area (TPSA) is 100 Å². The molecule has 0 spiro atoms. The lowest BCUT2D eigenvalue weighted by molar-refractivity contribution is -0.128. The van der Waals surface area contributed by atoms with Gasteiger partial charge in [0.1, 0.15) is 5.56 Å². The summed E-state index contributed by atoms with van der Waals surface area (Å²) in [5, 5.41) is 2.60. The second-order valence-corrected chi connectivity index (χ2v) is 6.38. The van der Waals surface area contributed by atoms with E-state index in [1.807, 2.05) is 30.3 Å². The lowest BCUT2D eigenvalue weighted by Crippen LogP contribution is -2.43. The van der Waals surface area contributed by atoms with Gasteiger partial charge in [0, 0.05) is 0 Å². The summed E-state index contributed by atoms with van der Waals surface area (Å²) in [4.78, 5) is 36.6. The van der Waals surface area contributed by atoms with Gasteiger partial charge in [-0.1, -0.05) is 30.3 Å². The molecule has 0 fully saturated rings. The number of carbonyl (C=O) groups excluding carboxylic acids is 3. The zero-order chi connectivity index (χ0) is 22.1. The number of carbonyl (C=O) groups is 3. The number of nitrogens with one attached hydrogen (secondary N) is 1. The molecule has 0 radical (unpaired) electrons. The van der Waals surface area contributed by atoms with E-state index < -0.39 is 24.5 Å². The highest BCUT2D eigenvalue weighted by Crippen LogP contribution is 2.39. The van der Waals surface area contributed by atoms with Crippen molar-refractivity contribution in [2.45, 2.75) is 19.4 Å². The maximum atomic E-state index is 12.5. The Morgan fingerprint density at radius 1 is 0.900 bits per heavy atom. The van der Waals surface area contributed by atoms with Gasteiger partial charge in [-0.3, -0.25) is 9.59 Å². The first kappa shape index (κ1) is 22.7. The lowest BCUT2D eigenvalue weighted by atomic mass is 10.0. The first-order valence-corrected chi connectivity index (χ1v) is 9.21. The Kier molecular flexibility index (Phi) is 8.22. The van der Waals surface area contributed by atoms with E-state index in [1.165, 1.54) is 40.4 Å². The predicted molar refractivity (Wildman–Crippen MR) is 109 cm³/mol. The van der Waals surface area contributed by atoms with Crippen LogP contribution in [0.1, 0.15) is 22.8 Å². The summed E-state index contributed by atoms with van der Waals surface area (Å²) in [6.45, 7) is 0.850. The average Bonchev–Trinajstić information content (AvgIpc) is 2.76. The van der Waals surface area contributed by atoms with Crippen LogP contribution in [0.3, 0.4) is 0 Å². The number of ketones is 1. The minimum atomic E-state index is -0.773. The Bertz CT molecular complexity index is 896. The van der Waals surface area contributed by atoms with Crippen LogP contribution in [0, 0.1) is 0 Å². The van der Waals surface area contributed by atoms with Crippen LogP contribution >= 0.6 is 0 Å². The van der Waals surface area contributed by atoms with Crippen LogP contribution in [0.4, 0.5) is 0 Å². The highest BCUT2D eigenvalue weighted by Gasteiger charge is 2.23. The molecule has 0 aliphatic carbocycles. The molecular weight excluding hydrogens is 390 g/mol. The zero-order valence-corrected chi connectivity index (χ0v) is 17.4. The van der Waals surface area contributed by atoms with Gasteiger partial charge < -0.3 is 24.3 Å². The molecule has 0 saturated heterocycles. The molecule has 8 nitrogen and oxygen atoms in total. The second-order valence-electron chi connectivity index (χ2n) is 6.38. The molecule has 0 unspecified atom stereocenters. The van der Waals surface area contributed by atoms with Gasteiger partial charge in [0.05, 0.1) is 27.4 Å². The van der Waals surface area contributed by atoms with Crippen molar-refractivity contribution in [3.05, 3.63) is 53.6 Å². The van der Waals surface area contributed by atoms with E-state index in [2.05, 4.69) is 5.32 Å². The standard InChI is InChI=1S/C22H25NO7/c1-14(24)17(12-15-8-6-5-7-9-15)23-19(25)13-30-22(26)16-10-11-18(27-2)21(29-4)20(16)28-3/h5-11,17H,12-13H2,1-4H3,(H,23,25)/t17-/m0/s1. The van der Waals surface area contributed by atoms with Gasteiger partial charge in [-0.2, -0.15) is 0 Å². The van der Waals surface area contributed by atoms with Crippen molar-refractivity contribution in [3.8, 4) is 17.2 Å². The summed E-state index contributed by atoms with van der Waals surface area (Å²) in [7, 11) is 4.25. The molecule has 0 aliphatic heterocycles. The van der Waals surface area contributed by atoms with E-state index in [1.54, 1.807) is 0 Å². The highest BCUT2D eigenvalue weighted by molar-refractivity contribution is 5.96. The number of methoxy groups -OCH3 is 3. The van der Waals surface area contributed by atoms with Gasteiger partial charge in [-0.15, -0.1) is 0 Å². The number of rotatable bonds is 10. The number of esters is 1. The van der Waals surface area contributed by atoms with Gasteiger partial charge in [0.15, 0.2) is 23.9 Å². The summed E-state index contributed by atoms with van der Waals surface area (Å²) in [5.74, 6) is -0.801. The molecule has 8 heteroatoms. The minimum Gasteiger partial charge on any atom is -0.493 e. The van der Waals surface area contributed by atoms with Gasteiger partial charge in [0.2, 0.25) is 5.75 Å². The summed E-state index contributed by atoms with van der Waals surface area (Å²) < 4.78 is 20.8. The fourth-order valence-electron chi connectivity index (χ4n) is 2.85. The molecule has 2 rings (SSSR count). The maximum absolute atomic E-state index is 12.5. The second kappa shape index (κ2) is 10.8. The predicted octanol–water partition coefficient (Wildman–Crippen LogP) is 2.19. The van der Waals surface area contributed by atoms with Crippen LogP contribution < -0.4 is 19.5 Å². The van der Waals surface area contributed by atoms with Crippen molar-refractivity contribution in [3.63, 3.8) is 0 Å². The van der Waals surface area contributed by atoms with Crippen LogP contribution in [0.15, 0.2) is 42.5 Å². The molecule has 30 heavy (non-hydrogen) atoms. The largest absolute Gasteiger partial charge is 0.493 e. The number of amides is 1. The molecule has 0 bridgehead atoms. The molecule has 2 aromatic carbocycles. The minimum absolute atomic E-state index is 0.0790. The van der Waals surface area contributed by atoms with Gasteiger partial charge >= 0.3 is 5.97 Å². The van der Waals surface area contributed by atoms with Crippen molar-refractivity contribution in [2.75, 3.05) is 27.9 Å². The fourth-order valence-corrected chi connectivity index (χ4v) is 2.85. The molecule has 1 atom stereocenters.